The molecular formula is C17H23Cl2NO4. The zero-order valence-corrected chi connectivity index (χ0v) is 15.2. The maximum atomic E-state index is 11.7. The van der Waals surface area contributed by atoms with Crippen LogP contribution in [0.5, 0.6) is 5.75 Å². The van der Waals surface area contributed by atoms with Crippen LogP contribution in [0.15, 0.2) is 18.2 Å². The van der Waals surface area contributed by atoms with E-state index in [1.54, 1.807) is 18.2 Å². The van der Waals surface area contributed by atoms with E-state index in [2.05, 4.69) is 4.90 Å². The Hall–Kier alpha value is -1.01. The third-order valence-corrected chi connectivity index (χ3v) is 4.53. The fourth-order valence-electron chi connectivity index (χ4n) is 2.74. The third kappa shape index (κ3) is 5.81. The van der Waals surface area contributed by atoms with E-state index in [9.17, 15) is 9.90 Å². The van der Waals surface area contributed by atoms with Crippen LogP contribution in [0, 0.1) is 5.92 Å². The number of hydrogen-bond donors (Lipinski definition) is 1. The molecule has 24 heavy (non-hydrogen) atoms. The smallest absolute Gasteiger partial charge is 0.309 e. The number of piperidine rings is 1. The van der Waals surface area contributed by atoms with Crippen LogP contribution in [0.4, 0.5) is 0 Å². The van der Waals surface area contributed by atoms with E-state index in [1.807, 2.05) is 6.92 Å². The highest BCUT2D eigenvalue weighted by Crippen LogP contribution is 2.27. The molecule has 0 aliphatic carbocycles. The van der Waals surface area contributed by atoms with Crippen molar-refractivity contribution < 1.29 is 19.4 Å². The van der Waals surface area contributed by atoms with Gasteiger partial charge in [-0.1, -0.05) is 23.2 Å². The van der Waals surface area contributed by atoms with Gasteiger partial charge < -0.3 is 19.5 Å². The molecule has 1 aromatic rings. The normalized spacial score (nSPS) is 17.5. The molecule has 0 radical (unpaired) electrons. The maximum Gasteiger partial charge on any atom is 0.309 e. The SMILES string of the molecule is CCOC(=O)C1CCN(C[C@@H](O)COc2ccc(Cl)cc2Cl)CC1. The summed E-state index contributed by atoms with van der Waals surface area (Å²) in [5.74, 6) is 0.363. The summed E-state index contributed by atoms with van der Waals surface area (Å²) < 4.78 is 10.6. The molecule has 1 N–H and O–H groups in total. The lowest BCUT2D eigenvalue weighted by atomic mass is 9.97. The minimum Gasteiger partial charge on any atom is -0.489 e. The van der Waals surface area contributed by atoms with E-state index >= 15 is 0 Å². The topological polar surface area (TPSA) is 59.0 Å². The first-order chi connectivity index (χ1) is 11.5. The number of carbonyl (C=O) groups excluding carboxylic acids is 1. The van der Waals surface area contributed by atoms with Crippen molar-refractivity contribution in [1.29, 1.82) is 0 Å². The number of ether oxygens (including phenoxy) is 2. The first-order valence-corrected chi connectivity index (χ1v) is 8.90. The van der Waals surface area contributed by atoms with Crippen molar-refractivity contribution in [3.63, 3.8) is 0 Å². The Kier molecular flexibility index (Phi) is 7.62. The van der Waals surface area contributed by atoms with Crippen LogP contribution in [0.3, 0.4) is 0 Å². The molecule has 5 nitrogen and oxygen atoms in total. The number of hydrogen-bond acceptors (Lipinski definition) is 5. The molecule has 1 atom stereocenters. The Balaban J connectivity index is 1.71. The molecule has 1 heterocycles. The van der Waals surface area contributed by atoms with Crippen molar-refractivity contribution in [3.8, 4) is 5.75 Å². The quantitative estimate of drug-likeness (QED) is 0.742. The average Bonchev–Trinajstić information content (AvgIpc) is 2.55. The van der Waals surface area contributed by atoms with Gasteiger partial charge in [0.1, 0.15) is 18.5 Å². The Morgan fingerprint density at radius 2 is 2.08 bits per heavy atom. The van der Waals surface area contributed by atoms with Crippen LogP contribution in [0.2, 0.25) is 10.0 Å². The summed E-state index contributed by atoms with van der Waals surface area (Å²) in [6.45, 7) is 4.42. The molecule has 0 bridgehead atoms. The summed E-state index contributed by atoms with van der Waals surface area (Å²) in [5.41, 5.74) is 0. The molecule has 0 unspecified atom stereocenters. The Morgan fingerprint density at radius 1 is 1.38 bits per heavy atom. The molecular weight excluding hydrogens is 353 g/mol. The van der Waals surface area contributed by atoms with E-state index in [-0.39, 0.29) is 18.5 Å². The lowest BCUT2D eigenvalue weighted by Gasteiger charge is -2.32. The van der Waals surface area contributed by atoms with Gasteiger partial charge in [-0.15, -0.1) is 0 Å². The van der Waals surface area contributed by atoms with Gasteiger partial charge in [0.2, 0.25) is 0 Å². The summed E-state index contributed by atoms with van der Waals surface area (Å²) in [6, 6.07) is 4.97. The van der Waals surface area contributed by atoms with Gasteiger partial charge in [-0.2, -0.15) is 0 Å². The molecule has 7 heteroatoms. The highest BCUT2D eigenvalue weighted by atomic mass is 35.5. The lowest BCUT2D eigenvalue weighted by molar-refractivity contribution is -0.149. The number of halogens is 2. The first-order valence-electron chi connectivity index (χ1n) is 8.14. The third-order valence-electron chi connectivity index (χ3n) is 4.00. The number of likely N-dealkylation sites (tertiary alicyclic amines) is 1. The summed E-state index contributed by atoms with van der Waals surface area (Å²) >= 11 is 11.9. The summed E-state index contributed by atoms with van der Waals surface area (Å²) in [7, 11) is 0. The minimum atomic E-state index is -0.629. The number of nitrogens with zero attached hydrogens (tertiary/aromatic N) is 1. The standard InChI is InChI=1S/C17H23Cl2NO4/c1-2-23-17(22)12-5-7-20(8-6-12)10-14(21)11-24-16-4-3-13(18)9-15(16)19/h3-4,9,12,14,21H,2,5-8,10-11H2,1H3/t14-/m1/s1. The number of β-amino-alcohol motifs (C(OH)–C–C–N with tert-alkyl or cyclic N) is 1. The van der Waals surface area contributed by atoms with E-state index in [0.29, 0.717) is 28.9 Å². The molecule has 2 rings (SSSR count). The second-order valence-corrected chi connectivity index (χ2v) is 6.71. The van der Waals surface area contributed by atoms with Crippen molar-refractivity contribution in [3.05, 3.63) is 28.2 Å². The average molecular weight is 376 g/mol. The second-order valence-electron chi connectivity index (χ2n) is 5.87. The van der Waals surface area contributed by atoms with Gasteiger partial charge in [-0.05, 0) is 51.1 Å². The van der Waals surface area contributed by atoms with E-state index in [0.717, 1.165) is 25.9 Å². The largest absolute Gasteiger partial charge is 0.489 e. The van der Waals surface area contributed by atoms with Gasteiger partial charge in [0.05, 0.1) is 17.5 Å². The molecule has 0 saturated carbocycles. The number of rotatable bonds is 7. The molecule has 1 aromatic carbocycles. The highest BCUT2D eigenvalue weighted by Gasteiger charge is 2.26. The summed E-state index contributed by atoms with van der Waals surface area (Å²) in [4.78, 5) is 13.8. The van der Waals surface area contributed by atoms with Crippen molar-refractivity contribution in [2.45, 2.75) is 25.9 Å². The van der Waals surface area contributed by atoms with E-state index in [1.165, 1.54) is 0 Å². The monoisotopic (exact) mass is 375 g/mol. The first kappa shape index (κ1) is 19.3. The van der Waals surface area contributed by atoms with Crippen LogP contribution < -0.4 is 4.74 Å². The Morgan fingerprint density at radius 3 is 2.71 bits per heavy atom. The number of carbonyl (C=O) groups is 1. The molecule has 1 aliphatic rings. The lowest BCUT2D eigenvalue weighted by Crippen LogP contribution is -2.42. The molecule has 0 amide bonds. The Bertz CT molecular complexity index is 547. The van der Waals surface area contributed by atoms with Crippen molar-refractivity contribution >= 4 is 29.2 Å². The molecule has 0 aromatic heterocycles. The van der Waals surface area contributed by atoms with Gasteiger partial charge in [0.25, 0.3) is 0 Å². The predicted octanol–water partition coefficient (Wildman–Crippen LogP) is 3.01. The van der Waals surface area contributed by atoms with Crippen LogP contribution in [-0.4, -0.2) is 54.9 Å². The summed E-state index contributed by atoms with van der Waals surface area (Å²) in [6.07, 6.45) is 0.890. The van der Waals surface area contributed by atoms with Gasteiger partial charge in [0, 0.05) is 11.6 Å². The van der Waals surface area contributed by atoms with E-state index in [4.69, 9.17) is 32.7 Å². The van der Waals surface area contributed by atoms with E-state index < -0.39 is 6.10 Å². The Labute approximate surface area is 152 Å². The van der Waals surface area contributed by atoms with Gasteiger partial charge in [-0.25, -0.2) is 0 Å². The fourth-order valence-corrected chi connectivity index (χ4v) is 3.20. The van der Waals surface area contributed by atoms with Gasteiger partial charge in [-0.3, -0.25) is 4.79 Å². The number of benzene rings is 1. The van der Waals surface area contributed by atoms with Gasteiger partial charge >= 0.3 is 5.97 Å². The number of aliphatic hydroxyl groups excluding tert-OH is 1. The molecule has 1 aliphatic heterocycles. The number of aliphatic hydroxyl groups is 1. The zero-order valence-electron chi connectivity index (χ0n) is 13.7. The van der Waals surface area contributed by atoms with Crippen LogP contribution in [-0.2, 0) is 9.53 Å². The molecule has 0 spiro atoms. The number of esters is 1. The molecule has 134 valence electrons. The molecule has 1 saturated heterocycles. The maximum absolute atomic E-state index is 11.7. The molecule has 1 fully saturated rings. The van der Waals surface area contributed by atoms with Crippen molar-refractivity contribution in [2.75, 3.05) is 32.8 Å². The minimum absolute atomic E-state index is 0.0255. The van der Waals surface area contributed by atoms with Crippen LogP contribution >= 0.6 is 23.2 Å². The predicted molar refractivity (Wildman–Crippen MR) is 93.8 cm³/mol. The highest BCUT2D eigenvalue weighted by molar-refractivity contribution is 6.35. The van der Waals surface area contributed by atoms with Crippen molar-refractivity contribution in [1.82, 2.24) is 4.90 Å². The van der Waals surface area contributed by atoms with Crippen molar-refractivity contribution in [2.24, 2.45) is 5.92 Å². The van der Waals surface area contributed by atoms with Gasteiger partial charge in [0.15, 0.2) is 0 Å². The zero-order chi connectivity index (χ0) is 17.5. The second kappa shape index (κ2) is 9.47. The fraction of sp³-hybridized carbons (Fsp3) is 0.588. The van der Waals surface area contributed by atoms with Crippen LogP contribution in [0.25, 0.3) is 0 Å². The summed E-state index contributed by atoms with van der Waals surface area (Å²) in [5, 5.41) is 11.1. The van der Waals surface area contributed by atoms with Crippen LogP contribution in [0.1, 0.15) is 19.8 Å².